The van der Waals surface area contributed by atoms with Crippen molar-refractivity contribution in [1.29, 1.82) is 0 Å². The van der Waals surface area contributed by atoms with Gasteiger partial charge >= 0.3 is 0 Å². The maximum absolute atomic E-state index is 12.6. The molecule has 3 amide bonds. The number of carbonyl (C=O) groups is 3. The highest BCUT2D eigenvalue weighted by molar-refractivity contribution is 7.89. The number of hydrogen-bond donors (Lipinski definition) is 1. The van der Waals surface area contributed by atoms with E-state index >= 15 is 0 Å². The van der Waals surface area contributed by atoms with E-state index < -0.39 is 10.0 Å². The molecule has 10 heteroatoms. The number of hydrogen-bond acceptors (Lipinski definition) is 5. The van der Waals surface area contributed by atoms with Gasteiger partial charge in [-0.2, -0.15) is 0 Å². The zero-order valence-electron chi connectivity index (χ0n) is 16.2. The van der Waals surface area contributed by atoms with Gasteiger partial charge in [0.05, 0.1) is 22.8 Å². The van der Waals surface area contributed by atoms with Crippen molar-refractivity contribution in [2.24, 2.45) is 11.8 Å². The quantitative estimate of drug-likeness (QED) is 0.516. The van der Waals surface area contributed by atoms with E-state index in [1.54, 1.807) is 11.0 Å². The molecule has 1 N–H and O–H groups in total. The Morgan fingerprint density at radius 1 is 1.10 bits per heavy atom. The molecular formula is C20H22ClN3O5S. The molecule has 0 radical (unpaired) electrons. The first-order valence-corrected chi connectivity index (χ1v) is 11.7. The third-order valence-electron chi connectivity index (χ3n) is 5.86. The maximum atomic E-state index is 12.6. The van der Waals surface area contributed by atoms with Crippen molar-refractivity contribution in [2.75, 3.05) is 19.6 Å². The molecule has 2 saturated heterocycles. The summed E-state index contributed by atoms with van der Waals surface area (Å²) >= 11 is 5.82. The summed E-state index contributed by atoms with van der Waals surface area (Å²) in [5.41, 5.74) is 0. The highest BCUT2D eigenvalue weighted by atomic mass is 35.5. The van der Waals surface area contributed by atoms with Crippen LogP contribution >= 0.6 is 11.6 Å². The molecular weight excluding hydrogens is 430 g/mol. The number of rotatable bonds is 6. The Morgan fingerprint density at radius 2 is 1.73 bits per heavy atom. The Labute approximate surface area is 179 Å². The summed E-state index contributed by atoms with van der Waals surface area (Å²) in [6.45, 7) is 0.542. The summed E-state index contributed by atoms with van der Waals surface area (Å²) in [4.78, 5) is 40.4. The summed E-state index contributed by atoms with van der Waals surface area (Å²) in [6.07, 6.45) is 5.05. The third-order valence-corrected chi connectivity index (χ3v) is 7.55. The van der Waals surface area contributed by atoms with Crippen molar-refractivity contribution < 1.29 is 22.8 Å². The average Bonchev–Trinajstić information content (AvgIpc) is 2.92. The second kappa shape index (κ2) is 8.13. The van der Waals surface area contributed by atoms with Crippen molar-refractivity contribution in [1.82, 2.24) is 14.5 Å². The lowest BCUT2D eigenvalue weighted by Gasteiger charge is -2.43. The van der Waals surface area contributed by atoms with Crippen LogP contribution in [0.4, 0.5) is 0 Å². The molecule has 1 aliphatic carbocycles. The first kappa shape index (κ1) is 21.0. The van der Waals surface area contributed by atoms with E-state index in [0.29, 0.717) is 31.0 Å². The fourth-order valence-corrected chi connectivity index (χ4v) is 5.51. The molecule has 2 aliphatic heterocycles. The summed E-state index contributed by atoms with van der Waals surface area (Å²) in [6, 6.07) is 5.58. The van der Waals surface area contributed by atoms with Gasteiger partial charge in [-0.05, 0) is 31.0 Å². The highest BCUT2D eigenvalue weighted by Crippen LogP contribution is 2.37. The van der Waals surface area contributed by atoms with Crippen LogP contribution in [0.25, 0.3) is 0 Å². The van der Waals surface area contributed by atoms with Crippen molar-refractivity contribution >= 4 is 39.3 Å². The van der Waals surface area contributed by atoms with Crippen LogP contribution in [0.3, 0.4) is 0 Å². The van der Waals surface area contributed by atoms with E-state index in [2.05, 4.69) is 4.72 Å². The van der Waals surface area contributed by atoms with Crippen LogP contribution in [0.1, 0.15) is 19.3 Å². The summed E-state index contributed by atoms with van der Waals surface area (Å²) in [5.74, 6) is -1.04. The van der Waals surface area contributed by atoms with Crippen LogP contribution in [0.15, 0.2) is 41.3 Å². The fourth-order valence-electron chi connectivity index (χ4n) is 4.18. The Bertz CT molecular complexity index is 993. The first-order chi connectivity index (χ1) is 14.3. The molecule has 2 fully saturated rings. The molecule has 2 atom stereocenters. The second-order valence-corrected chi connectivity index (χ2v) is 9.96. The van der Waals surface area contributed by atoms with Crippen LogP contribution in [-0.2, 0) is 24.4 Å². The van der Waals surface area contributed by atoms with Crippen molar-refractivity contribution in [3.8, 4) is 0 Å². The minimum atomic E-state index is -3.75. The van der Waals surface area contributed by atoms with Gasteiger partial charge in [-0.3, -0.25) is 19.3 Å². The molecule has 30 heavy (non-hydrogen) atoms. The normalized spacial score (nSPS) is 24.2. The Hall–Kier alpha value is -2.23. The number of halogens is 1. The highest BCUT2D eigenvalue weighted by Gasteiger charge is 2.52. The van der Waals surface area contributed by atoms with Gasteiger partial charge < -0.3 is 4.90 Å². The van der Waals surface area contributed by atoms with Crippen LogP contribution in [0, 0.1) is 11.8 Å². The first-order valence-electron chi connectivity index (χ1n) is 9.83. The number of nitrogens with zero attached hydrogens (tertiary/aromatic N) is 2. The molecule has 2 heterocycles. The predicted octanol–water partition coefficient (Wildman–Crippen LogP) is 1.17. The molecule has 1 aromatic rings. The monoisotopic (exact) mass is 451 g/mol. The number of nitrogens with one attached hydrogen (secondary N) is 1. The summed E-state index contributed by atoms with van der Waals surface area (Å²) < 4.78 is 26.9. The second-order valence-electron chi connectivity index (χ2n) is 7.76. The third kappa shape index (κ3) is 3.89. The standard InChI is InChI=1S/C20H22ClN3O5S/c21-13-4-3-5-15(10-13)30(28,29)22-9-8-18(25)23-11-14(12-23)24-19(26)16-6-1-2-7-17(16)20(24)27/h1-5,10,14,16-17,22H,6-9,11-12H2. The zero-order valence-corrected chi connectivity index (χ0v) is 17.7. The van der Waals surface area contributed by atoms with Crippen molar-refractivity contribution in [2.45, 2.75) is 30.2 Å². The lowest BCUT2D eigenvalue weighted by atomic mass is 9.85. The zero-order chi connectivity index (χ0) is 21.5. The number of amides is 3. The minimum Gasteiger partial charge on any atom is -0.338 e. The summed E-state index contributed by atoms with van der Waals surface area (Å²) in [5, 5.41) is 0.308. The average molecular weight is 452 g/mol. The maximum Gasteiger partial charge on any atom is 0.240 e. The molecule has 0 bridgehead atoms. The Kier molecular flexibility index (Phi) is 5.69. The van der Waals surface area contributed by atoms with Gasteiger partial charge in [-0.1, -0.05) is 29.8 Å². The van der Waals surface area contributed by atoms with Crippen LogP contribution in [0.5, 0.6) is 0 Å². The van der Waals surface area contributed by atoms with Gasteiger partial charge in [0.2, 0.25) is 27.7 Å². The lowest BCUT2D eigenvalue weighted by Crippen LogP contribution is -2.62. The van der Waals surface area contributed by atoms with E-state index in [0.717, 1.165) is 0 Å². The number of sulfonamides is 1. The molecule has 4 rings (SSSR count). The van der Waals surface area contributed by atoms with E-state index in [4.69, 9.17) is 11.6 Å². The predicted molar refractivity (Wildman–Crippen MR) is 109 cm³/mol. The fraction of sp³-hybridized carbons (Fsp3) is 0.450. The van der Waals surface area contributed by atoms with Crippen molar-refractivity contribution in [3.63, 3.8) is 0 Å². The minimum absolute atomic E-state index is 0.0103. The number of fused-ring (bicyclic) bond motifs is 1. The molecule has 0 spiro atoms. The number of allylic oxidation sites excluding steroid dienone is 2. The number of imide groups is 1. The van der Waals surface area contributed by atoms with Crippen LogP contribution in [0.2, 0.25) is 5.02 Å². The topological polar surface area (TPSA) is 104 Å². The number of benzene rings is 1. The summed E-state index contributed by atoms with van der Waals surface area (Å²) in [7, 11) is -3.75. The van der Waals surface area contributed by atoms with Gasteiger partial charge in [-0.15, -0.1) is 0 Å². The van der Waals surface area contributed by atoms with E-state index in [-0.39, 0.29) is 53.5 Å². The Morgan fingerprint density at radius 3 is 2.33 bits per heavy atom. The van der Waals surface area contributed by atoms with Gasteiger partial charge in [0.25, 0.3) is 0 Å². The van der Waals surface area contributed by atoms with Crippen LogP contribution in [-0.4, -0.2) is 61.6 Å². The number of likely N-dealkylation sites (tertiary alicyclic amines) is 2. The van der Waals surface area contributed by atoms with E-state index in [9.17, 15) is 22.8 Å². The lowest BCUT2D eigenvalue weighted by molar-refractivity contribution is -0.152. The SMILES string of the molecule is O=C(CCNS(=O)(=O)c1cccc(Cl)c1)N1CC(N2C(=O)C3CC=CCC3C2=O)C1. The van der Waals surface area contributed by atoms with Gasteiger partial charge in [0.15, 0.2) is 0 Å². The van der Waals surface area contributed by atoms with E-state index in [1.807, 2.05) is 12.2 Å². The Balaban J connectivity index is 1.26. The van der Waals surface area contributed by atoms with E-state index in [1.165, 1.54) is 23.1 Å². The molecule has 160 valence electrons. The van der Waals surface area contributed by atoms with Gasteiger partial charge in [0.1, 0.15) is 0 Å². The van der Waals surface area contributed by atoms with Crippen LogP contribution < -0.4 is 4.72 Å². The van der Waals surface area contributed by atoms with Gasteiger partial charge in [-0.25, -0.2) is 13.1 Å². The molecule has 1 aromatic carbocycles. The molecule has 2 unspecified atom stereocenters. The van der Waals surface area contributed by atoms with Gasteiger partial charge in [0, 0.05) is 31.1 Å². The van der Waals surface area contributed by atoms with Crippen molar-refractivity contribution in [3.05, 3.63) is 41.4 Å². The molecule has 8 nitrogen and oxygen atoms in total. The smallest absolute Gasteiger partial charge is 0.240 e. The number of carbonyl (C=O) groups excluding carboxylic acids is 3. The largest absolute Gasteiger partial charge is 0.338 e. The molecule has 0 aromatic heterocycles. The molecule has 3 aliphatic rings. The molecule has 0 saturated carbocycles.